The molecule has 1 heterocycles. The topological polar surface area (TPSA) is 74.6 Å². The van der Waals surface area contributed by atoms with Gasteiger partial charge in [-0.3, -0.25) is 4.79 Å². The smallest absolute Gasteiger partial charge is 0.275 e. The van der Waals surface area contributed by atoms with Crippen LogP contribution in [0.4, 0.5) is 0 Å². The number of para-hydroxylation sites is 2. The number of aromatic hydroxyl groups is 1. The van der Waals surface area contributed by atoms with E-state index in [0.717, 1.165) is 26.4 Å². The van der Waals surface area contributed by atoms with Crippen LogP contribution in [0.15, 0.2) is 93.9 Å². The van der Waals surface area contributed by atoms with Crippen molar-refractivity contribution < 1.29 is 9.90 Å². The molecule has 5 nitrogen and oxygen atoms in total. The normalized spacial score (nSPS) is 11.1. The monoisotopic (exact) mass is 413 g/mol. The van der Waals surface area contributed by atoms with Crippen molar-refractivity contribution in [2.45, 2.75) is 16.8 Å². The number of rotatable bonds is 5. The molecule has 4 rings (SSSR count). The Morgan fingerprint density at radius 3 is 2.57 bits per heavy atom. The molecule has 148 valence electrons. The van der Waals surface area contributed by atoms with Gasteiger partial charge < -0.3 is 5.11 Å². The Kier molecular flexibility index (Phi) is 5.77. The van der Waals surface area contributed by atoms with Crippen molar-refractivity contribution >= 4 is 34.8 Å². The molecule has 0 aliphatic carbocycles. The van der Waals surface area contributed by atoms with Gasteiger partial charge in [0.15, 0.2) is 0 Å². The van der Waals surface area contributed by atoms with Gasteiger partial charge in [0.2, 0.25) is 0 Å². The van der Waals surface area contributed by atoms with Crippen LogP contribution in [0.2, 0.25) is 0 Å². The molecular weight excluding hydrogens is 394 g/mol. The van der Waals surface area contributed by atoms with E-state index in [1.807, 2.05) is 37.3 Å². The largest absolute Gasteiger partial charge is 0.507 e. The average molecular weight is 414 g/mol. The highest BCUT2D eigenvalue weighted by atomic mass is 32.2. The molecule has 0 saturated carbocycles. The molecule has 0 bridgehead atoms. The molecule has 0 radical (unpaired) electrons. The van der Waals surface area contributed by atoms with E-state index in [-0.39, 0.29) is 11.3 Å². The summed E-state index contributed by atoms with van der Waals surface area (Å²) in [6.45, 7) is 2.05. The number of hydrazone groups is 1. The molecule has 2 N–H and O–H groups in total. The predicted octanol–water partition coefficient (Wildman–Crippen LogP) is 5.16. The molecule has 6 heteroatoms. The van der Waals surface area contributed by atoms with Gasteiger partial charge in [-0.1, -0.05) is 59.8 Å². The van der Waals surface area contributed by atoms with Crippen LogP contribution in [0.3, 0.4) is 0 Å². The Hall–Kier alpha value is -3.64. The number of hydrogen-bond acceptors (Lipinski definition) is 5. The van der Waals surface area contributed by atoms with Gasteiger partial charge in [0, 0.05) is 15.8 Å². The van der Waals surface area contributed by atoms with Crippen molar-refractivity contribution in [2.24, 2.45) is 5.10 Å². The van der Waals surface area contributed by atoms with Gasteiger partial charge in [-0.25, -0.2) is 10.4 Å². The Morgan fingerprint density at radius 1 is 1.03 bits per heavy atom. The third-order valence-electron chi connectivity index (χ3n) is 4.47. The minimum Gasteiger partial charge on any atom is -0.507 e. The Labute approximate surface area is 178 Å². The fraction of sp³-hybridized carbons (Fsp3) is 0.0417. The highest BCUT2D eigenvalue weighted by Crippen LogP contribution is 2.30. The molecule has 0 aliphatic heterocycles. The first kappa shape index (κ1) is 19.7. The predicted molar refractivity (Wildman–Crippen MR) is 120 cm³/mol. The second-order valence-corrected chi connectivity index (χ2v) is 7.77. The van der Waals surface area contributed by atoms with Crippen molar-refractivity contribution in [1.29, 1.82) is 0 Å². The zero-order chi connectivity index (χ0) is 20.9. The molecule has 0 atom stereocenters. The molecule has 0 unspecified atom stereocenters. The number of amides is 1. The van der Waals surface area contributed by atoms with Crippen LogP contribution in [0.25, 0.3) is 10.9 Å². The molecule has 0 fully saturated rings. The van der Waals surface area contributed by atoms with Gasteiger partial charge in [-0.2, -0.15) is 5.10 Å². The highest BCUT2D eigenvalue weighted by molar-refractivity contribution is 7.99. The number of nitrogens with zero attached hydrogens (tertiary/aromatic N) is 2. The van der Waals surface area contributed by atoms with Crippen LogP contribution >= 0.6 is 11.8 Å². The maximum absolute atomic E-state index is 12.3. The van der Waals surface area contributed by atoms with E-state index in [1.165, 1.54) is 17.7 Å². The van der Waals surface area contributed by atoms with E-state index in [9.17, 15) is 9.90 Å². The van der Waals surface area contributed by atoms with Crippen molar-refractivity contribution in [1.82, 2.24) is 10.4 Å². The molecule has 4 aromatic rings. The molecule has 30 heavy (non-hydrogen) atoms. The number of carbonyl (C=O) groups is 1. The first-order valence-corrected chi connectivity index (χ1v) is 10.2. The maximum atomic E-state index is 12.3. The van der Waals surface area contributed by atoms with E-state index in [0.29, 0.717) is 0 Å². The van der Waals surface area contributed by atoms with Crippen molar-refractivity contribution in [3.63, 3.8) is 0 Å². The summed E-state index contributed by atoms with van der Waals surface area (Å²) >= 11 is 1.54. The first-order valence-electron chi connectivity index (χ1n) is 9.36. The summed E-state index contributed by atoms with van der Waals surface area (Å²) < 4.78 is 0. The first-order chi connectivity index (χ1) is 14.6. The number of phenols is 1. The summed E-state index contributed by atoms with van der Waals surface area (Å²) in [6, 6.07) is 24.4. The van der Waals surface area contributed by atoms with Crippen LogP contribution in [-0.4, -0.2) is 22.2 Å². The molecular formula is C24H19N3O2S. The number of benzene rings is 3. The summed E-state index contributed by atoms with van der Waals surface area (Å²) in [4.78, 5) is 18.1. The SMILES string of the molecule is Cc1ccc(Sc2nc3ccccc3cc2/C=N\NC(=O)c2ccccc2O)cc1. The fourth-order valence-electron chi connectivity index (χ4n) is 2.89. The molecule has 1 amide bonds. The van der Waals surface area contributed by atoms with Crippen molar-refractivity contribution in [2.75, 3.05) is 0 Å². The number of phenolic OH excluding ortho intramolecular Hbond substituents is 1. The number of pyridine rings is 1. The molecule has 0 saturated heterocycles. The second kappa shape index (κ2) is 8.80. The lowest BCUT2D eigenvalue weighted by atomic mass is 10.2. The lowest BCUT2D eigenvalue weighted by molar-refractivity contribution is 0.0952. The van der Waals surface area contributed by atoms with Crippen LogP contribution in [-0.2, 0) is 0 Å². The van der Waals surface area contributed by atoms with Crippen LogP contribution < -0.4 is 5.43 Å². The van der Waals surface area contributed by atoms with Gasteiger partial charge in [-0.05, 0) is 43.3 Å². The van der Waals surface area contributed by atoms with E-state index >= 15 is 0 Å². The minimum absolute atomic E-state index is 0.0896. The summed E-state index contributed by atoms with van der Waals surface area (Å²) in [5.74, 6) is -0.570. The maximum Gasteiger partial charge on any atom is 0.275 e. The standard InChI is InChI=1S/C24H19N3O2S/c1-16-10-12-19(13-11-16)30-24-18(14-17-6-2-4-8-21(17)26-24)15-25-27-23(29)20-7-3-5-9-22(20)28/h2-15,28H,1H3,(H,27,29)/b25-15-. The molecule has 0 aliphatic rings. The van der Waals surface area contributed by atoms with Crippen molar-refractivity contribution in [3.05, 3.63) is 95.6 Å². The Balaban J connectivity index is 1.62. The van der Waals surface area contributed by atoms with Gasteiger partial charge in [0.05, 0.1) is 17.3 Å². The van der Waals surface area contributed by atoms with E-state index in [2.05, 4.69) is 34.8 Å². The molecule has 0 spiro atoms. The number of aromatic nitrogens is 1. The number of carbonyl (C=O) groups excluding carboxylic acids is 1. The lowest BCUT2D eigenvalue weighted by Gasteiger charge is -2.08. The van der Waals surface area contributed by atoms with Crippen LogP contribution in [0.5, 0.6) is 5.75 Å². The Bertz CT molecular complexity index is 1240. The number of fused-ring (bicyclic) bond motifs is 1. The van der Waals surface area contributed by atoms with E-state index in [1.54, 1.807) is 30.1 Å². The van der Waals surface area contributed by atoms with Crippen LogP contribution in [0.1, 0.15) is 21.5 Å². The summed E-state index contributed by atoms with van der Waals surface area (Å²) in [6.07, 6.45) is 1.58. The number of aryl methyl sites for hydroxylation is 1. The Morgan fingerprint density at radius 2 is 1.77 bits per heavy atom. The summed E-state index contributed by atoms with van der Waals surface area (Å²) in [5, 5.41) is 15.7. The van der Waals surface area contributed by atoms with Gasteiger partial charge >= 0.3 is 0 Å². The van der Waals surface area contributed by atoms with E-state index < -0.39 is 5.91 Å². The summed E-state index contributed by atoms with van der Waals surface area (Å²) in [5.41, 5.74) is 5.51. The number of hydrogen-bond donors (Lipinski definition) is 2. The van der Waals surface area contributed by atoms with Crippen molar-refractivity contribution in [3.8, 4) is 5.75 Å². The van der Waals surface area contributed by atoms with E-state index in [4.69, 9.17) is 4.98 Å². The third kappa shape index (κ3) is 4.50. The zero-order valence-electron chi connectivity index (χ0n) is 16.2. The quantitative estimate of drug-likeness (QED) is 0.350. The van der Waals surface area contributed by atoms with Gasteiger partial charge in [0.1, 0.15) is 10.8 Å². The summed E-state index contributed by atoms with van der Waals surface area (Å²) in [7, 11) is 0. The highest BCUT2D eigenvalue weighted by Gasteiger charge is 2.10. The average Bonchev–Trinajstić information content (AvgIpc) is 2.76. The second-order valence-electron chi connectivity index (χ2n) is 6.71. The van der Waals surface area contributed by atoms with Crippen LogP contribution in [0, 0.1) is 6.92 Å². The lowest BCUT2D eigenvalue weighted by Crippen LogP contribution is -2.17. The van der Waals surface area contributed by atoms with Gasteiger partial charge in [0.25, 0.3) is 5.91 Å². The molecule has 1 aromatic heterocycles. The minimum atomic E-state index is -0.481. The molecule has 3 aromatic carbocycles. The number of nitrogens with one attached hydrogen (secondary N) is 1. The van der Waals surface area contributed by atoms with Gasteiger partial charge in [-0.15, -0.1) is 0 Å². The fourth-order valence-corrected chi connectivity index (χ4v) is 3.76. The zero-order valence-corrected chi connectivity index (χ0v) is 17.1. The third-order valence-corrected chi connectivity index (χ3v) is 5.50.